The Hall–Kier alpha value is -2.75. The molecule has 0 nitrogen and oxygen atoms in total. The van der Waals surface area contributed by atoms with Crippen molar-refractivity contribution in [1.82, 2.24) is 0 Å². The average molecular weight is 507 g/mol. The molecule has 0 aromatic heterocycles. The fourth-order valence-electron chi connectivity index (χ4n) is 4.03. The molecule has 0 N–H and O–H groups in total. The van der Waals surface area contributed by atoms with Gasteiger partial charge in [0.25, 0.3) is 0 Å². The summed E-state index contributed by atoms with van der Waals surface area (Å²) in [4.78, 5) is 0. The molecular formula is C27H21ClF5P. The highest BCUT2D eigenvalue weighted by Crippen LogP contribution is 2.58. The Balaban J connectivity index is 0.00000324. The molecular weight excluding hydrogens is 486 g/mol. The van der Waals surface area contributed by atoms with Crippen LogP contribution in [0, 0.1) is 0 Å². The highest BCUT2D eigenvalue weighted by atomic mass is 35.5. The maximum absolute atomic E-state index is 13.8. The van der Waals surface area contributed by atoms with E-state index in [1.54, 1.807) is 0 Å². The van der Waals surface area contributed by atoms with E-state index < -0.39 is 24.9 Å². The maximum Gasteiger partial charge on any atom is 0.458 e. The van der Waals surface area contributed by atoms with Crippen LogP contribution in [0.1, 0.15) is 11.1 Å². The van der Waals surface area contributed by atoms with Crippen molar-refractivity contribution in [2.24, 2.45) is 0 Å². The third-order valence-electron chi connectivity index (χ3n) is 5.68. The van der Waals surface area contributed by atoms with Gasteiger partial charge in [0.1, 0.15) is 23.2 Å². The molecule has 34 heavy (non-hydrogen) atoms. The first-order chi connectivity index (χ1) is 15.7. The Bertz CT molecular complexity index is 1080. The normalized spacial score (nSPS) is 12.1. The predicted molar refractivity (Wildman–Crippen MR) is 125 cm³/mol. The highest BCUT2D eigenvalue weighted by molar-refractivity contribution is 7.95. The van der Waals surface area contributed by atoms with Gasteiger partial charge in [-0.3, -0.25) is 0 Å². The van der Waals surface area contributed by atoms with E-state index >= 15 is 0 Å². The molecule has 4 aromatic carbocycles. The molecule has 0 spiro atoms. The van der Waals surface area contributed by atoms with Gasteiger partial charge in [0.15, 0.2) is 0 Å². The molecule has 4 aromatic rings. The number of alkyl halides is 5. The van der Waals surface area contributed by atoms with Crippen LogP contribution in [0.4, 0.5) is 22.0 Å². The van der Waals surface area contributed by atoms with Crippen molar-refractivity contribution in [1.29, 1.82) is 0 Å². The van der Waals surface area contributed by atoms with Crippen LogP contribution in [0.15, 0.2) is 115 Å². The lowest BCUT2D eigenvalue weighted by Gasteiger charge is -2.28. The van der Waals surface area contributed by atoms with E-state index in [-0.39, 0.29) is 12.4 Å². The number of benzene rings is 4. The lowest BCUT2D eigenvalue weighted by molar-refractivity contribution is -0.289. The maximum atomic E-state index is 13.8. The Morgan fingerprint density at radius 2 is 0.853 bits per heavy atom. The van der Waals surface area contributed by atoms with Crippen LogP contribution >= 0.6 is 7.26 Å². The van der Waals surface area contributed by atoms with Crippen molar-refractivity contribution in [2.45, 2.75) is 18.3 Å². The van der Waals surface area contributed by atoms with Gasteiger partial charge in [-0.2, -0.15) is 22.0 Å². The molecule has 0 aliphatic heterocycles. The molecule has 176 valence electrons. The van der Waals surface area contributed by atoms with E-state index in [4.69, 9.17) is 0 Å². The molecule has 0 amide bonds. The quantitative estimate of drug-likeness (QED) is 0.275. The zero-order valence-corrected chi connectivity index (χ0v) is 19.5. The Kier molecular flexibility index (Phi) is 7.80. The van der Waals surface area contributed by atoms with Crippen LogP contribution in [0.5, 0.6) is 0 Å². The number of halogens is 6. The summed E-state index contributed by atoms with van der Waals surface area (Å²) in [6.07, 6.45) is -5.15. The summed E-state index contributed by atoms with van der Waals surface area (Å²) in [7, 11) is -2.27. The van der Waals surface area contributed by atoms with E-state index in [0.29, 0.717) is 11.7 Å². The SMILES string of the molecule is FC(F)(F)C(F)(F)c1ccc(C[P+](c2ccccc2)(c2ccccc2)c2ccccc2)cc1.[Cl-]. The molecule has 0 bridgehead atoms. The number of hydrogen-bond donors (Lipinski definition) is 0. The largest absolute Gasteiger partial charge is 1.00 e. The molecule has 0 fully saturated rings. The first-order valence-corrected chi connectivity index (χ1v) is 12.3. The molecule has 0 radical (unpaired) electrons. The molecule has 0 unspecified atom stereocenters. The summed E-state index contributed by atoms with van der Waals surface area (Å²) in [6.45, 7) is 0. The van der Waals surface area contributed by atoms with E-state index in [0.717, 1.165) is 28.0 Å². The van der Waals surface area contributed by atoms with Crippen LogP contribution < -0.4 is 28.3 Å². The minimum Gasteiger partial charge on any atom is -1.00 e. The zero-order chi connectivity index (χ0) is 23.5. The molecule has 4 rings (SSSR count). The van der Waals surface area contributed by atoms with Crippen molar-refractivity contribution in [2.75, 3.05) is 0 Å². The lowest BCUT2D eigenvalue weighted by Crippen LogP contribution is -3.00. The summed E-state index contributed by atoms with van der Waals surface area (Å²) in [5, 5.41) is 3.31. The molecule has 7 heteroatoms. The average Bonchev–Trinajstić information content (AvgIpc) is 2.84. The first kappa shape index (κ1) is 25.9. The predicted octanol–water partition coefficient (Wildman–Crippen LogP) is 3.84. The molecule has 0 atom stereocenters. The summed E-state index contributed by atoms with van der Waals surface area (Å²) in [5.74, 6) is -4.89. The molecule has 0 heterocycles. The number of hydrogen-bond acceptors (Lipinski definition) is 0. The second-order valence-corrected chi connectivity index (χ2v) is 11.2. The fourth-order valence-corrected chi connectivity index (χ4v) is 8.27. The van der Waals surface area contributed by atoms with Gasteiger partial charge in [0, 0.05) is 5.56 Å². The van der Waals surface area contributed by atoms with Crippen molar-refractivity contribution in [3.05, 3.63) is 126 Å². The Morgan fingerprint density at radius 1 is 0.500 bits per heavy atom. The van der Waals surface area contributed by atoms with E-state index in [1.807, 2.05) is 54.6 Å². The summed E-state index contributed by atoms with van der Waals surface area (Å²) >= 11 is 0. The smallest absolute Gasteiger partial charge is 0.458 e. The van der Waals surface area contributed by atoms with E-state index in [9.17, 15) is 22.0 Å². The summed E-state index contributed by atoms with van der Waals surface area (Å²) in [5.41, 5.74) is -0.358. The second-order valence-electron chi connectivity index (χ2n) is 7.74. The topological polar surface area (TPSA) is 0 Å². The molecule has 0 aliphatic carbocycles. The summed E-state index contributed by atoms with van der Waals surface area (Å²) in [6, 6.07) is 34.4. The monoisotopic (exact) mass is 506 g/mol. The highest BCUT2D eigenvalue weighted by Gasteiger charge is 2.58. The van der Waals surface area contributed by atoms with Gasteiger partial charge in [0.2, 0.25) is 0 Å². The second kappa shape index (κ2) is 10.2. The first-order valence-electron chi connectivity index (χ1n) is 10.3. The van der Waals surface area contributed by atoms with Crippen LogP contribution in [-0.2, 0) is 12.1 Å². The number of rotatable bonds is 6. The van der Waals surface area contributed by atoms with Crippen molar-refractivity contribution in [3.63, 3.8) is 0 Å². The Labute approximate surface area is 202 Å². The summed E-state index contributed by atoms with van der Waals surface area (Å²) < 4.78 is 66.0. The van der Waals surface area contributed by atoms with Gasteiger partial charge >= 0.3 is 12.1 Å². The van der Waals surface area contributed by atoms with E-state index in [1.165, 1.54) is 12.1 Å². The Morgan fingerprint density at radius 3 is 1.18 bits per heavy atom. The van der Waals surface area contributed by atoms with Crippen molar-refractivity contribution >= 4 is 23.2 Å². The van der Waals surface area contributed by atoms with Crippen molar-refractivity contribution in [3.8, 4) is 0 Å². The minimum absolute atomic E-state index is 0. The standard InChI is InChI=1S/C27H21F5P.ClH/c28-26(29,27(30,31)32)22-18-16-21(17-19-22)20-33(23-10-4-1-5-11-23,24-12-6-2-7-13-24)25-14-8-3-9-15-25;/h1-19H,20H2;1H/q+1;/p-1. The van der Waals surface area contributed by atoms with Crippen molar-refractivity contribution < 1.29 is 34.4 Å². The lowest BCUT2D eigenvalue weighted by atomic mass is 10.1. The van der Waals surface area contributed by atoms with Crippen LogP contribution in [0.2, 0.25) is 0 Å². The van der Waals surface area contributed by atoms with Gasteiger partial charge in [-0.15, -0.1) is 0 Å². The van der Waals surface area contributed by atoms with Crippen LogP contribution in [-0.4, -0.2) is 6.18 Å². The fraction of sp³-hybridized carbons (Fsp3) is 0.111. The van der Waals surface area contributed by atoms with Gasteiger partial charge in [-0.25, -0.2) is 0 Å². The van der Waals surface area contributed by atoms with Gasteiger partial charge in [-0.05, 0) is 42.0 Å². The van der Waals surface area contributed by atoms with E-state index in [2.05, 4.69) is 36.4 Å². The minimum atomic E-state index is -5.64. The molecule has 0 saturated heterocycles. The van der Waals surface area contributed by atoms with Crippen LogP contribution in [0.3, 0.4) is 0 Å². The van der Waals surface area contributed by atoms with Crippen LogP contribution in [0.25, 0.3) is 0 Å². The molecule has 0 saturated carbocycles. The third-order valence-corrected chi connectivity index (χ3v) is 10.1. The third kappa shape index (κ3) is 4.87. The van der Waals surface area contributed by atoms with Gasteiger partial charge in [-0.1, -0.05) is 78.9 Å². The molecule has 0 aliphatic rings. The van der Waals surface area contributed by atoms with Gasteiger partial charge < -0.3 is 12.4 Å². The zero-order valence-electron chi connectivity index (χ0n) is 17.9. The van der Waals surface area contributed by atoms with Gasteiger partial charge in [0.05, 0.1) is 6.16 Å².